The van der Waals surface area contributed by atoms with Crippen LogP contribution in [-0.2, 0) is 0 Å². The molecule has 1 rings (SSSR count). The maximum atomic E-state index is 12.1. The van der Waals surface area contributed by atoms with Gasteiger partial charge < -0.3 is 9.32 Å². The molecule has 0 aliphatic carbocycles. The van der Waals surface area contributed by atoms with Crippen molar-refractivity contribution < 1.29 is 14.1 Å². The highest BCUT2D eigenvalue weighted by molar-refractivity contribution is 9.09. The van der Waals surface area contributed by atoms with E-state index in [1.54, 1.807) is 4.90 Å². The first-order chi connectivity index (χ1) is 8.60. The van der Waals surface area contributed by atoms with E-state index in [1.165, 1.54) is 12.1 Å². The average Bonchev–Trinajstić information content (AvgIpc) is 2.83. The first kappa shape index (κ1) is 14.7. The number of unbranched alkanes of at least 4 members (excludes halogenated alkanes) is 1. The molecule has 0 saturated carbocycles. The van der Waals surface area contributed by atoms with E-state index in [9.17, 15) is 14.9 Å². The molecule has 0 spiro atoms. The van der Waals surface area contributed by atoms with Crippen LogP contribution in [0.15, 0.2) is 16.5 Å². The normalized spacial score (nSPS) is 10.3. The lowest BCUT2D eigenvalue weighted by atomic mass is 10.3. The number of nitro groups is 1. The molecule has 100 valence electrons. The SMILES string of the molecule is CCCCN(CCBr)C(=O)c1ccc([N+](=O)[O-])o1. The molecule has 1 aromatic heterocycles. The molecular weight excluding hydrogens is 304 g/mol. The zero-order chi connectivity index (χ0) is 13.5. The van der Waals surface area contributed by atoms with Gasteiger partial charge in [0.15, 0.2) is 5.76 Å². The second kappa shape index (κ2) is 7.15. The molecule has 0 aliphatic rings. The molecule has 0 saturated heterocycles. The van der Waals surface area contributed by atoms with Gasteiger partial charge in [-0.15, -0.1) is 0 Å². The molecule has 0 N–H and O–H groups in total. The van der Waals surface area contributed by atoms with E-state index in [0.717, 1.165) is 12.8 Å². The number of nitrogens with zero attached hydrogens (tertiary/aromatic N) is 2. The number of carbonyl (C=O) groups is 1. The average molecular weight is 319 g/mol. The van der Waals surface area contributed by atoms with Gasteiger partial charge in [-0.3, -0.25) is 14.9 Å². The lowest BCUT2D eigenvalue weighted by molar-refractivity contribution is -0.402. The van der Waals surface area contributed by atoms with Crippen LogP contribution in [0.1, 0.15) is 30.3 Å². The minimum absolute atomic E-state index is 0.0127. The molecule has 0 aromatic carbocycles. The van der Waals surface area contributed by atoms with Gasteiger partial charge >= 0.3 is 5.88 Å². The van der Waals surface area contributed by atoms with Crippen LogP contribution in [0.2, 0.25) is 0 Å². The van der Waals surface area contributed by atoms with E-state index in [4.69, 9.17) is 4.42 Å². The minimum atomic E-state index is -0.655. The van der Waals surface area contributed by atoms with Crippen LogP contribution in [-0.4, -0.2) is 34.2 Å². The van der Waals surface area contributed by atoms with Crippen molar-refractivity contribution in [2.45, 2.75) is 19.8 Å². The van der Waals surface area contributed by atoms with E-state index in [2.05, 4.69) is 15.9 Å². The van der Waals surface area contributed by atoms with Crippen molar-refractivity contribution in [1.82, 2.24) is 4.90 Å². The van der Waals surface area contributed by atoms with Gasteiger partial charge in [-0.05, 0) is 12.5 Å². The summed E-state index contributed by atoms with van der Waals surface area (Å²) in [5.74, 6) is -0.706. The van der Waals surface area contributed by atoms with E-state index in [1.807, 2.05) is 6.92 Å². The first-order valence-electron chi connectivity index (χ1n) is 5.69. The van der Waals surface area contributed by atoms with Crippen molar-refractivity contribution in [1.29, 1.82) is 0 Å². The van der Waals surface area contributed by atoms with Gasteiger partial charge in [-0.25, -0.2) is 0 Å². The maximum absolute atomic E-state index is 12.1. The molecule has 0 atom stereocenters. The molecule has 0 radical (unpaired) electrons. The van der Waals surface area contributed by atoms with E-state index < -0.39 is 10.8 Å². The van der Waals surface area contributed by atoms with Crippen LogP contribution >= 0.6 is 15.9 Å². The summed E-state index contributed by atoms with van der Waals surface area (Å²) in [4.78, 5) is 23.5. The number of furan rings is 1. The smallest absolute Gasteiger partial charge is 0.395 e. The number of hydrogen-bond donors (Lipinski definition) is 0. The predicted molar refractivity (Wildman–Crippen MR) is 70.0 cm³/mol. The van der Waals surface area contributed by atoms with Gasteiger partial charge in [0, 0.05) is 18.4 Å². The number of rotatable bonds is 7. The Labute approximate surface area is 113 Å². The minimum Gasteiger partial charge on any atom is -0.395 e. The van der Waals surface area contributed by atoms with E-state index in [0.29, 0.717) is 18.4 Å². The van der Waals surface area contributed by atoms with Gasteiger partial charge in [-0.2, -0.15) is 0 Å². The molecule has 7 heteroatoms. The van der Waals surface area contributed by atoms with Gasteiger partial charge in [0.05, 0.1) is 6.07 Å². The monoisotopic (exact) mass is 318 g/mol. The molecule has 6 nitrogen and oxygen atoms in total. The third kappa shape index (κ3) is 3.83. The summed E-state index contributed by atoms with van der Waals surface area (Å²) in [5.41, 5.74) is 0. The Balaban J connectivity index is 2.77. The number of alkyl halides is 1. The van der Waals surface area contributed by atoms with Crippen molar-refractivity contribution in [3.8, 4) is 0 Å². The molecule has 1 amide bonds. The molecule has 1 heterocycles. The second-order valence-corrected chi connectivity index (χ2v) is 4.52. The van der Waals surface area contributed by atoms with Gasteiger partial charge in [0.1, 0.15) is 4.92 Å². The summed E-state index contributed by atoms with van der Waals surface area (Å²) in [6.45, 7) is 3.21. The standard InChI is InChI=1S/C11H15BrN2O4/c1-2-3-7-13(8-6-12)11(15)9-4-5-10(18-9)14(16)17/h4-5H,2-3,6-8H2,1H3. The Kier molecular flexibility index (Phi) is 5.84. The Hall–Kier alpha value is -1.37. The fourth-order valence-corrected chi connectivity index (χ4v) is 1.89. The zero-order valence-corrected chi connectivity index (χ0v) is 11.7. The summed E-state index contributed by atoms with van der Waals surface area (Å²) in [5, 5.41) is 11.1. The van der Waals surface area contributed by atoms with Crippen molar-refractivity contribution >= 4 is 27.7 Å². The Morgan fingerprint density at radius 3 is 2.72 bits per heavy atom. The van der Waals surface area contributed by atoms with Gasteiger partial charge in [-0.1, -0.05) is 29.3 Å². The Bertz CT molecular complexity index is 419. The summed E-state index contributed by atoms with van der Waals surface area (Å²) in [6.07, 6.45) is 1.87. The molecule has 0 unspecified atom stereocenters. The van der Waals surface area contributed by atoms with E-state index >= 15 is 0 Å². The maximum Gasteiger partial charge on any atom is 0.433 e. The fraction of sp³-hybridized carbons (Fsp3) is 0.545. The van der Waals surface area contributed by atoms with Crippen LogP contribution in [0.5, 0.6) is 0 Å². The van der Waals surface area contributed by atoms with Crippen LogP contribution < -0.4 is 0 Å². The van der Waals surface area contributed by atoms with Crippen LogP contribution in [0.4, 0.5) is 5.88 Å². The summed E-state index contributed by atoms with van der Waals surface area (Å²) in [6, 6.07) is 2.53. The lowest BCUT2D eigenvalue weighted by Crippen LogP contribution is -2.33. The van der Waals surface area contributed by atoms with Crippen LogP contribution in [0, 0.1) is 10.1 Å². The summed E-state index contributed by atoms with van der Waals surface area (Å²) in [7, 11) is 0. The van der Waals surface area contributed by atoms with Crippen LogP contribution in [0.3, 0.4) is 0 Å². The molecule has 1 aromatic rings. The number of amides is 1. The van der Waals surface area contributed by atoms with Crippen molar-refractivity contribution in [3.05, 3.63) is 28.0 Å². The molecular formula is C11H15BrN2O4. The number of halogens is 1. The molecule has 18 heavy (non-hydrogen) atoms. The quantitative estimate of drug-likeness (QED) is 0.440. The summed E-state index contributed by atoms with van der Waals surface area (Å²) >= 11 is 3.28. The third-order valence-electron chi connectivity index (χ3n) is 2.41. The summed E-state index contributed by atoms with van der Waals surface area (Å²) < 4.78 is 4.91. The number of hydrogen-bond acceptors (Lipinski definition) is 4. The largest absolute Gasteiger partial charge is 0.433 e. The second-order valence-electron chi connectivity index (χ2n) is 3.73. The molecule has 0 aliphatic heterocycles. The fourth-order valence-electron chi connectivity index (χ4n) is 1.46. The van der Waals surface area contributed by atoms with Gasteiger partial charge in [0.25, 0.3) is 5.91 Å². The zero-order valence-electron chi connectivity index (χ0n) is 10.1. The highest BCUT2D eigenvalue weighted by atomic mass is 79.9. The Morgan fingerprint density at radius 2 is 2.22 bits per heavy atom. The predicted octanol–water partition coefficient (Wildman–Crippen LogP) is 2.83. The highest BCUT2D eigenvalue weighted by Gasteiger charge is 2.21. The number of carbonyl (C=O) groups excluding carboxylic acids is 1. The molecule has 0 bridgehead atoms. The lowest BCUT2D eigenvalue weighted by Gasteiger charge is -2.19. The van der Waals surface area contributed by atoms with Gasteiger partial charge in [0.2, 0.25) is 0 Å². The Morgan fingerprint density at radius 1 is 1.50 bits per heavy atom. The van der Waals surface area contributed by atoms with Crippen molar-refractivity contribution in [3.63, 3.8) is 0 Å². The third-order valence-corrected chi connectivity index (χ3v) is 2.76. The topological polar surface area (TPSA) is 76.6 Å². The molecule has 0 fully saturated rings. The highest BCUT2D eigenvalue weighted by Crippen LogP contribution is 2.17. The van der Waals surface area contributed by atoms with Crippen molar-refractivity contribution in [2.75, 3.05) is 18.4 Å². The van der Waals surface area contributed by atoms with E-state index in [-0.39, 0.29) is 11.7 Å². The first-order valence-corrected chi connectivity index (χ1v) is 6.81. The van der Waals surface area contributed by atoms with Crippen molar-refractivity contribution in [2.24, 2.45) is 0 Å². The van der Waals surface area contributed by atoms with Crippen LogP contribution in [0.25, 0.3) is 0 Å².